The van der Waals surface area contributed by atoms with Crippen LogP contribution in [0.4, 0.5) is 10.1 Å². The van der Waals surface area contributed by atoms with E-state index >= 15 is 0 Å². The highest BCUT2D eigenvalue weighted by molar-refractivity contribution is 6.09. The molecule has 0 aromatic heterocycles. The minimum absolute atomic E-state index is 0.00141. The first-order valence-corrected chi connectivity index (χ1v) is 11.2. The van der Waals surface area contributed by atoms with Gasteiger partial charge in [-0.25, -0.2) is 9.82 Å². The topological polar surface area (TPSA) is 57.2 Å². The minimum atomic E-state index is -0.400. The van der Waals surface area contributed by atoms with Gasteiger partial charge in [-0.15, -0.1) is 0 Å². The molecule has 1 amide bonds. The van der Waals surface area contributed by atoms with Crippen LogP contribution in [-0.2, 0) is 4.79 Å². The summed E-state index contributed by atoms with van der Waals surface area (Å²) in [5, 5.41) is 4.21. The lowest BCUT2D eigenvalue weighted by Gasteiger charge is -2.45. The summed E-state index contributed by atoms with van der Waals surface area (Å²) >= 11 is 0. The lowest BCUT2D eigenvalue weighted by Crippen LogP contribution is -2.55. The molecule has 3 aliphatic heterocycles. The summed E-state index contributed by atoms with van der Waals surface area (Å²) in [6, 6.07) is 10.6. The molecule has 2 aromatic carbocycles. The quantitative estimate of drug-likeness (QED) is 0.774. The van der Waals surface area contributed by atoms with E-state index in [9.17, 15) is 9.18 Å². The Morgan fingerprint density at radius 2 is 2.00 bits per heavy atom. The van der Waals surface area contributed by atoms with E-state index in [1.54, 1.807) is 6.07 Å². The van der Waals surface area contributed by atoms with Crippen LogP contribution in [0, 0.1) is 11.2 Å². The zero-order valence-electron chi connectivity index (χ0n) is 19.0. The number of carbonyl (C=O) groups excluding carboxylic acids is 1. The Morgan fingerprint density at radius 3 is 2.75 bits per heavy atom. The molecular weight excluding hydrogens is 407 g/mol. The van der Waals surface area contributed by atoms with Crippen LogP contribution < -0.4 is 15.1 Å². The number of hydrogen-bond donors (Lipinski definition) is 1. The van der Waals surface area contributed by atoms with Gasteiger partial charge in [0.1, 0.15) is 24.2 Å². The summed E-state index contributed by atoms with van der Waals surface area (Å²) in [4.78, 5) is 16.7. The minimum Gasteiger partial charge on any atom is -0.483 e. The molecule has 3 heterocycles. The molecule has 3 aliphatic rings. The van der Waals surface area contributed by atoms with Gasteiger partial charge in [0.25, 0.3) is 5.91 Å². The van der Waals surface area contributed by atoms with E-state index in [1.165, 1.54) is 6.07 Å². The van der Waals surface area contributed by atoms with Crippen molar-refractivity contribution < 1.29 is 13.9 Å². The van der Waals surface area contributed by atoms with Gasteiger partial charge in [-0.3, -0.25) is 4.79 Å². The molecule has 5 rings (SSSR count). The smallest absolute Gasteiger partial charge is 0.262 e. The first kappa shape index (κ1) is 20.9. The van der Waals surface area contributed by atoms with Crippen molar-refractivity contribution in [1.29, 1.82) is 0 Å². The van der Waals surface area contributed by atoms with Crippen LogP contribution in [0.25, 0.3) is 11.1 Å². The lowest BCUT2D eigenvalue weighted by molar-refractivity contribution is -0.122. The third-order valence-corrected chi connectivity index (χ3v) is 7.05. The molecule has 7 heteroatoms. The van der Waals surface area contributed by atoms with E-state index in [1.807, 2.05) is 30.0 Å². The number of nitrogens with zero attached hydrogens (tertiary/aromatic N) is 3. The molecule has 0 aliphatic carbocycles. The maximum atomic E-state index is 15.0. The van der Waals surface area contributed by atoms with Crippen molar-refractivity contribution in [3.63, 3.8) is 0 Å². The number of hydrogen-bond acceptors (Lipinski definition) is 5. The first-order chi connectivity index (χ1) is 15.3. The number of likely N-dealkylation sites (tertiary alicyclic amines) is 1. The molecule has 2 aromatic rings. The Morgan fingerprint density at radius 1 is 1.22 bits per heavy atom. The molecule has 168 valence electrons. The number of amidine groups is 1. The number of ether oxygens (including phenoxy) is 1. The molecule has 0 radical (unpaired) electrons. The second-order valence-corrected chi connectivity index (χ2v) is 9.79. The van der Waals surface area contributed by atoms with Crippen LogP contribution in [0.1, 0.15) is 38.7 Å². The molecule has 0 saturated carbocycles. The summed E-state index contributed by atoms with van der Waals surface area (Å²) in [6.45, 7) is 8.61. The molecule has 1 N–H and O–H groups in total. The maximum absolute atomic E-state index is 15.0. The van der Waals surface area contributed by atoms with Crippen molar-refractivity contribution in [3.05, 3.63) is 47.8 Å². The van der Waals surface area contributed by atoms with Gasteiger partial charge in [-0.05, 0) is 67.6 Å². The monoisotopic (exact) mass is 436 g/mol. The predicted molar refractivity (Wildman–Crippen MR) is 123 cm³/mol. The number of hydrazone groups is 1. The zero-order chi connectivity index (χ0) is 22.6. The highest BCUT2D eigenvalue weighted by atomic mass is 19.1. The van der Waals surface area contributed by atoms with E-state index in [4.69, 9.17) is 4.74 Å². The number of piperidine rings is 1. The molecule has 1 saturated heterocycles. The molecule has 2 atom stereocenters. The molecule has 6 nitrogen and oxygen atoms in total. The van der Waals surface area contributed by atoms with Gasteiger partial charge in [0, 0.05) is 12.1 Å². The van der Waals surface area contributed by atoms with Gasteiger partial charge >= 0.3 is 0 Å². The first-order valence-electron chi connectivity index (χ1n) is 11.2. The van der Waals surface area contributed by atoms with Crippen molar-refractivity contribution in [3.8, 4) is 16.9 Å². The van der Waals surface area contributed by atoms with Gasteiger partial charge in [0.05, 0.1) is 5.69 Å². The van der Waals surface area contributed by atoms with Crippen molar-refractivity contribution in [1.82, 2.24) is 10.3 Å². The van der Waals surface area contributed by atoms with Crippen LogP contribution >= 0.6 is 0 Å². The van der Waals surface area contributed by atoms with E-state index in [-0.39, 0.29) is 29.7 Å². The molecule has 1 unspecified atom stereocenters. The lowest BCUT2D eigenvalue weighted by atomic mass is 9.69. The van der Waals surface area contributed by atoms with E-state index in [0.717, 1.165) is 36.3 Å². The van der Waals surface area contributed by atoms with Crippen molar-refractivity contribution >= 4 is 17.4 Å². The Balaban J connectivity index is 1.72. The number of rotatable bonds is 2. The Hall–Kier alpha value is -2.93. The number of nitrogens with one attached hydrogen (secondary N) is 1. The predicted octanol–water partition coefficient (Wildman–Crippen LogP) is 3.97. The fourth-order valence-electron chi connectivity index (χ4n) is 5.49. The number of benzene rings is 2. The molecule has 0 bridgehead atoms. The average molecular weight is 437 g/mol. The summed E-state index contributed by atoms with van der Waals surface area (Å²) in [5.41, 5.74) is 5.92. The van der Waals surface area contributed by atoms with E-state index < -0.39 is 6.04 Å². The number of anilines is 1. The van der Waals surface area contributed by atoms with Crippen LogP contribution in [0.2, 0.25) is 0 Å². The number of amides is 1. The fourth-order valence-corrected chi connectivity index (χ4v) is 5.49. The van der Waals surface area contributed by atoms with Crippen LogP contribution in [0.5, 0.6) is 5.75 Å². The number of fused-ring (bicyclic) bond motifs is 3. The van der Waals surface area contributed by atoms with Gasteiger partial charge in [-0.1, -0.05) is 32.0 Å². The standard InChI is InChI=1S/C25H29FN4O2/c1-15-24(31)28-27-23-13-32-22-12-17(16-7-5-6-8-20(16)26)18(11-21(22)30(15)23)19-9-10-29(4)14-25(19,2)3/h5-8,11-12,15,19H,9-10,13-14H2,1-4H3,(H,28,31)/t15-,19?/m1/s1. The third-order valence-electron chi connectivity index (χ3n) is 7.05. The number of carbonyl (C=O) groups is 1. The van der Waals surface area contributed by atoms with Gasteiger partial charge in [0.2, 0.25) is 0 Å². The summed E-state index contributed by atoms with van der Waals surface area (Å²) in [7, 11) is 2.15. The highest BCUT2D eigenvalue weighted by Crippen LogP contribution is 2.49. The number of halogens is 1. The van der Waals surface area contributed by atoms with Crippen LogP contribution in [0.15, 0.2) is 41.5 Å². The fraction of sp³-hybridized carbons (Fsp3) is 0.440. The Bertz CT molecular complexity index is 1110. The average Bonchev–Trinajstić information content (AvgIpc) is 2.75. The van der Waals surface area contributed by atoms with Crippen molar-refractivity contribution in [2.24, 2.45) is 10.5 Å². The Labute approximate surface area is 188 Å². The summed E-state index contributed by atoms with van der Waals surface area (Å²) < 4.78 is 21.0. The van der Waals surface area contributed by atoms with Crippen LogP contribution in [0.3, 0.4) is 0 Å². The van der Waals surface area contributed by atoms with Crippen LogP contribution in [-0.4, -0.2) is 49.4 Å². The second kappa shape index (κ2) is 7.59. The zero-order valence-corrected chi connectivity index (χ0v) is 19.0. The Kier molecular flexibility index (Phi) is 4.97. The summed E-state index contributed by atoms with van der Waals surface area (Å²) in [5.74, 6) is 1.16. The van der Waals surface area contributed by atoms with E-state index in [2.05, 4.69) is 42.4 Å². The van der Waals surface area contributed by atoms with Gasteiger partial charge in [-0.2, -0.15) is 5.10 Å². The van der Waals surface area contributed by atoms with Gasteiger partial charge < -0.3 is 14.5 Å². The SMILES string of the molecule is C[C@@H]1C(=O)NN=C2COc3cc(-c4ccccc4F)c(C4CCN(C)CC4(C)C)cc3N21. The normalized spacial score (nSPS) is 24.7. The van der Waals surface area contributed by atoms with Crippen molar-refractivity contribution in [2.75, 3.05) is 31.6 Å². The molecule has 1 fully saturated rings. The third kappa shape index (κ3) is 3.35. The second-order valence-electron chi connectivity index (χ2n) is 9.79. The molecule has 32 heavy (non-hydrogen) atoms. The molecule has 0 spiro atoms. The van der Waals surface area contributed by atoms with Crippen molar-refractivity contribution in [2.45, 2.75) is 39.2 Å². The maximum Gasteiger partial charge on any atom is 0.262 e. The molecular formula is C25H29FN4O2. The van der Waals surface area contributed by atoms with E-state index in [0.29, 0.717) is 17.1 Å². The largest absolute Gasteiger partial charge is 0.483 e. The highest BCUT2D eigenvalue weighted by Gasteiger charge is 2.40. The summed E-state index contributed by atoms with van der Waals surface area (Å²) in [6.07, 6.45) is 0.974. The van der Waals surface area contributed by atoms with Gasteiger partial charge in [0.15, 0.2) is 5.84 Å².